The highest BCUT2D eigenvalue weighted by Crippen LogP contribution is 2.24. The summed E-state index contributed by atoms with van der Waals surface area (Å²) in [5, 5.41) is 3.32. The number of hydrogen-bond donors (Lipinski definition) is 1. The number of rotatable bonds is 9. The van der Waals surface area contributed by atoms with Gasteiger partial charge in [-0.2, -0.15) is 0 Å². The molecule has 2 aromatic rings. The highest BCUT2D eigenvalue weighted by atomic mass is 35.5. The van der Waals surface area contributed by atoms with Gasteiger partial charge >= 0.3 is 0 Å². The molecule has 26 heavy (non-hydrogen) atoms. The molecule has 0 radical (unpaired) electrons. The second-order valence-corrected chi connectivity index (χ2v) is 8.20. The quantitative estimate of drug-likeness (QED) is 0.657. The maximum atomic E-state index is 12.6. The number of benzene rings is 1. The summed E-state index contributed by atoms with van der Waals surface area (Å²) < 4.78 is 27.7. The van der Waals surface area contributed by atoms with Crippen LogP contribution in [0.25, 0.3) is 0 Å². The highest BCUT2D eigenvalue weighted by molar-refractivity contribution is 7.92. The molecule has 0 aliphatic carbocycles. The number of nitrogens with one attached hydrogen (secondary N) is 1. The van der Waals surface area contributed by atoms with Crippen molar-refractivity contribution in [3.8, 4) is 0 Å². The number of hydrogen-bond acceptors (Lipinski definition) is 4. The first kappa shape index (κ1) is 20.3. The van der Waals surface area contributed by atoms with E-state index in [1.165, 1.54) is 0 Å². The van der Waals surface area contributed by atoms with Gasteiger partial charge in [-0.3, -0.25) is 9.10 Å². The number of aromatic nitrogens is 2. The number of anilines is 1. The summed E-state index contributed by atoms with van der Waals surface area (Å²) in [7, 11) is -3.64. The minimum atomic E-state index is -3.64. The van der Waals surface area contributed by atoms with Gasteiger partial charge in [0.05, 0.1) is 18.3 Å². The molecule has 7 nitrogen and oxygen atoms in total. The zero-order valence-electron chi connectivity index (χ0n) is 14.8. The van der Waals surface area contributed by atoms with Gasteiger partial charge in [-0.05, 0) is 37.1 Å². The molecule has 0 fully saturated rings. The first-order valence-corrected chi connectivity index (χ1v) is 10.5. The minimum Gasteiger partial charge on any atom is -0.354 e. The number of halogens is 1. The molecule has 0 aliphatic rings. The third-order valence-electron chi connectivity index (χ3n) is 3.86. The fraction of sp³-hybridized carbons (Fsp3) is 0.412. The average Bonchev–Trinajstić information content (AvgIpc) is 3.10. The molecule has 9 heteroatoms. The van der Waals surface area contributed by atoms with Crippen molar-refractivity contribution in [1.82, 2.24) is 14.9 Å². The Hall–Kier alpha value is -2.06. The van der Waals surface area contributed by atoms with Crippen molar-refractivity contribution in [1.29, 1.82) is 0 Å². The maximum Gasteiger partial charge on any atom is 0.243 e. The lowest BCUT2D eigenvalue weighted by Crippen LogP contribution is -2.49. The van der Waals surface area contributed by atoms with Crippen molar-refractivity contribution in [2.75, 3.05) is 17.1 Å². The van der Waals surface area contributed by atoms with Crippen LogP contribution in [0.3, 0.4) is 0 Å². The lowest BCUT2D eigenvalue weighted by atomic mass is 10.2. The van der Waals surface area contributed by atoms with Crippen molar-refractivity contribution < 1.29 is 13.2 Å². The second-order valence-electron chi connectivity index (χ2n) is 5.90. The van der Waals surface area contributed by atoms with E-state index in [1.54, 1.807) is 43.7 Å². The molecule has 0 aliphatic heterocycles. The molecule has 1 aromatic heterocycles. The summed E-state index contributed by atoms with van der Waals surface area (Å²) in [6.07, 6.45) is 7.42. The molecule has 142 valence electrons. The Morgan fingerprint density at radius 1 is 1.35 bits per heavy atom. The number of nitrogens with zero attached hydrogens (tertiary/aromatic N) is 3. The smallest absolute Gasteiger partial charge is 0.243 e. The van der Waals surface area contributed by atoms with Crippen molar-refractivity contribution in [3.63, 3.8) is 0 Å². The zero-order chi connectivity index (χ0) is 19.2. The molecule has 1 aromatic carbocycles. The minimum absolute atomic E-state index is 0.321. The maximum absolute atomic E-state index is 12.6. The Labute approximate surface area is 159 Å². The van der Waals surface area contributed by atoms with Crippen LogP contribution in [0.5, 0.6) is 0 Å². The van der Waals surface area contributed by atoms with E-state index in [0.717, 1.165) is 23.5 Å². The van der Waals surface area contributed by atoms with E-state index in [1.807, 2.05) is 10.8 Å². The molecule has 1 N–H and O–H groups in total. The summed E-state index contributed by atoms with van der Waals surface area (Å²) in [6.45, 7) is 2.96. The third-order valence-corrected chi connectivity index (χ3v) is 5.29. The Kier molecular flexibility index (Phi) is 7.05. The summed E-state index contributed by atoms with van der Waals surface area (Å²) in [5.41, 5.74) is 0.414. The molecular weight excluding hydrogens is 376 g/mol. The summed E-state index contributed by atoms with van der Waals surface area (Å²) in [4.78, 5) is 16.6. The van der Waals surface area contributed by atoms with Gasteiger partial charge in [-0.25, -0.2) is 13.4 Å². The summed E-state index contributed by atoms with van der Waals surface area (Å²) >= 11 is 5.88. The van der Waals surface area contributed by atoms with Gasteiger partial charge in [-0.1, -0.05) is 18.5 Å². The Morgan fingerprint density at radius 3 is 2.58 bits per heavy atom. The van der Waals surface area contributed by atoms with Crippen LogP contribution in [-0.4, -0.2) is 42.7 Å². The Bertz CT molecular complexity index is 807. The topological polar surface area (TPSA) is 84.3 Å². The number of aryl methyl sites for hydroxylation is 1. The largest absolute Gasteiger partial charge is 0.354 e. The van der Waals surface area contributed by atoms with Crippen LogP contribution in [0.1, 0.15) is 19.8 Å². The van der Waals surface area contributed by atoms with Gasteiger partial charge in [0.2, 0.25) is 15.9 Å². The lowest BCUT2D eigenvalue weighted by Gasteiger charge is -2.30. The molecule has 0 bridgehead atoms. The first-order valence-electron chi connectivity index (χ1n) is 8.31. The molecule has 1 amide bonds. The van der Waals surface area contributed by atoms with Gasteiger partial charge in [-0.15, -0.1) is 0 Å². The molecular formula is C17H23ClN4O3S. The normalized spacial score (nSPS) is 12.6. The zero-order valence-corrected chi connectivity index (χ0v) is 16.4. The summed E-state index contributed by atoms with van der Waals surface area (Å²) in [6, 6.07) is 5.58. The molecule has 1 heterocycles. The lowest BCUT2D eigenvalue weighted by molar-refractivity contribution is -0.122. The van der Waals surface area contributed by atoms with Gasteiger partial charge in [0, 0.05) is 30.5 Å². The standard InChI is InChI=1S/C17H23ClN4O3S/c1-3-16(17(23)20-9-4-11-21-12-10-19-13-21)22(26(2,24)25)15-7-5-14(18)6-8-15/h5-8,10,12-13,16H,3-4,9,11H2,1-2H3,(H,20,23)/t16-/m0/s1. The van der Waals surface area contributed by atoms with Crippen molar-refractivity contribution in [3.05, 3.63) is 48.0 Å². The van der Waals surface area contributed by atoms with Gasteiger partial charge < -0.3 is 9.88 Å². The molecule has 2 rings (SSSR count). The average molecular weight is 399 g/mol. The van der Waals surface area contributed by atoms with E-state index < -0.39 is 16.1 Å². The van der Waals surface area contributed by atoms with Crippen LogP contribution in [0.2, 0.25) is 5.02 Å². The summed E-state index contributed by atoms with van der Waals surface area (Å²) in [5.74, 6) is -0.321. The van der Waals surface area contributed by atoms with Crippen LogP contribution in [-0.2, 0) is 21.4 Å². The van der Waals surface area contributed by atoms with Gasteiger partial charge in [0.1, 0.15) is 6.04 Å². The predicted molar refractivity (Wildman–Crippen MR) is 103 cm³/mol. The Balaban J connectivity index is 2.06. The van der Waals surface area contributed by atoms with Crippen LogP contribution < -0.4 is 9.62 Å². The number of carbonyl (C=O) groups is 1. The molecule has 0 saturated heterocycles. The predicted octanol–water partition coefficient (Wildman–Crippen LogP) is 2.29. The van der Waals surface area contributed by atoms with Crippen LogP contribution in [0, 0.1) is 0 Å². The van der Waals surface area contributed by atoms with E-state index in [4.69, 9.17) is 11.6 Å². The second kappa shape index (κ2) is 9.05. The van der Waals surface area contributed by atoms with Crippen LogP contribution in [0.4, 0.5) is 5.69 Å². The van der Waals surface area contributed by atoms with Crippen LogP contribution in [0.15, 0.2) is 43.0 Å². The first-order chi connectivity index (χ1) is 12.3. The SMILES string of the molecule is CC[C@@H](C(=O)NCCCn1ccnc1)N(c1ccc(Cl)cc1)S(C)(=O)=O. The van der Waals surface area contributed by atoms with E-state index in [-0.39, 0.29) is 5.91 Å². The highest BCUT2D eigenvalue weighted by Gasteiger charge is 2.31. The van der Waals surface area contributed by atoms with Crippen LogP contribution >= 0.6 is 11.6 Å². The molecule has 0 spiro atoms. The molecule has 0 unspecified atom stereocenters. The van der Waals surface area contributed by atoms with E-state index in [9.17, 15) is 13.2 Å². The van der Waals surface area contributed by atoms with Crippen molar-refractivity contribution >= 4 is 33.2 Å². The number of imidazole rings is 1. The van der Waals surface area contributed by atoms with E-state index in [0.29, 0.717) is 23.7 Å². The third kappa shape index (κ3) is 5.47. The number of amides is 1. The Morgan fingerprint density at radius 2 is 2.04 bits per heavy atom. The fourth-order valence-electron chi connectivity index (χ4n) is 2.66. The molecule has 1 atom stereocenters. The monoisotopic (exact) mass is 398 g/mol. The van der Waals surface area contributed by atoms with Crippen molar-refractivity contribution in [2.45, 2.75) is 32.4 Å². The van der Waals surface area contributed by atoms with Gasteiger partial charge in [0.15, 0.2) is 0 Å². The number of carbonyl (C=O) groups excluding carboxylic acids is 1. The molecule has 0 saturated carbocycles. The van der Waals surface area contributed by atoms with E-state index in [2.05, 4.69) is 10.3 Å². The fourth-order valence-corrected chi connectivity index (χ4v) is 4.00. The van der Waals surface area contributed by atoms with Crippen molar-refractivity contribution in [2.24, 2.45) is 0 Å². The number of sulfonamides is 1. The van der Waals surface area contributed by atoms with Gasteiger partial charge in [0.25, 0.3) is 0 Å². The van der Waals surface area contributed by atoms with E-state index >= 15 is 0 Å².